The van der Waals surface area contributed by atoms with E-state index in [0.717, 1.165) is 41.1 Å². The van der Waals surface area contributed by atoms with Crippen LogP contribution in [0, 0.1) is 3.57 Å². The van der Waals surface area contributed by atoms with E-state index in [4.69, 9.17) is 15.2 Å². The van der Waals surface area contributed by atoms with Gasteiger partial charge in [-0.05, 0) is 40.6 Å². The Morgan fingerprint density at radius 3 is 2.67 bits per heavy atom. The number of nitrogen functional groups attached to an aromatic ring is 1. The Morgan fingerprint density at radius 1 is 1.30 bits per heavy atom. The summed E-state index contributed by atoms with van der Waals surface area (Å²) in [6, 6.07) is 3.86. The van der Waals surface area contributed by atoms with Crippen LogP contribution >= 0.6 is 22.6 Å². The Bertz CT molecular complexity index is 902. The van der Waals surface area contributed by atoms with Crippen LogP contribution in [0.3, 0.4) is 0 Å². The molecule has 0 radical (unpaired) electrons. The molecular formula is C20H27IN6O3. The van der Waals surface area contributed by atoms with Crippen LogP contribution in [-0.4, -0.2) is 60.6 Å². The molecule has 0 bridgehead atoms. The van der Waals surface area contributed by atoms with Gasteiger partial charge in [0.25, 0.3) is 0 Å². The molecule has 9 nitrogen and oxygen atoms in total. The van der Waals surface area contributed by atoms with Gasteiger partial charge in [0.15, 0.2) is 11.6 Å². The molecule has 0 atom stereocenters. The Morgan fingerprint density at radius 2 is 2.03 bits per heavy atom. The van der Waals surface area contributed by atoms with Gasteiger partial charge >= 0.3 is 0 Å². The average Bonchev–Trinajstić information content (AvgIpc) is 2.70. The zero-order chi connectivity index (χ0) is 21.7. The normalized spacial score (nSPS) is 14.6. The van der Waals surface area contributed by atoms with Crippen LogP contribution in [0.2, 0.25) is 0 Å². The van der Waals surface area contributed by atoms with Gasteiger partial charge in [-0.25, -0.2) is 4.98 Å². The predicted octanol–water partition coefficient (Wildman–Crippen LogP) is 2.43. The minimum absolute atomic E-state index is 0.156. The molecule has 1 saturated heterocycles. The molecule has 1 aliphatic rings. The van der Waals surface area contributed by atoms with Crippen molar-refractivity contribution in [1.82, 2.24) is 20.2 Å². The largest absolute Gasteiger partial charge is 0.496 e. The molecule has 3 rings (SSSR count). The quantitative estimate of drug-likeness (QED) is 0.472. The summed E-state index contributed by atoms with van der Waals surface area (Å²) >= 11 is 2.20. The molecule has 162 valence electrons. The maximum Gasteiger partial charge on any atom is 0.240 e. The van der Waals surface area contributed by atoms with Crippen molar-refractivity contribution in [1.29, 1.82) is 0 Å². The molecule has 30 heavy (non-hydrogen) atoms. The third kappa shape index (κ3) is 5.70. The van der Waals surface area contributed by atoms with Crippen LogP contribution in [0.5, 0.6) is 17.2 Å². The summed E-state index contributed by atoms with van der Waals surface area (Å²) < 4.78 is 12.4. The number of methoxy groups -OCH3 is 1. The minimum atomic E-state index is -0.170. The number of benzene rings is 1. The Balaban J connectivity index is 1.71. The first kappa shape index (κ1) is 22.5. The molecule has 2 heterocycles. The highest BCUT2D eigenvalue weighted by atomic mass is 127. The highest BCUT2D eigenvalue weighted by molar-refractivity contribution is 14.1. The van der Waals surface area contributed by atoms with Crippen molar-refractivity contribution in [3.05, 3.63) is 27.5 Å². The number of nitrogens with zero attached hydrogens (tertiary/aromatic N) is 3. The second-order valence-corrected chi connectivity index (χ2v) is 8.46. The molecule has 0 aliphatic carbocycles. The number of nitrogens with one attached hydrogen (secondary N) is 2. The van der Waals surface area contributed by atoms with Crippen LogP contribution in [-0.2, 0) is 4.79 Å². The van der Waals surface area contributed by atoms with Gasteiger partial charge in [0, 0.05) is 31.7 Å². The van der Waals surface area contributed by atoms with Gasteiger partial charge in [0.1, 0.15) is 11.5 Å². The lowest BCUT2D eigenvalue weighted by Gasteiger charge is -2.26. The molecule has 2 aromatic rings. The predicted molar refractivity (Wildman–Crippen MR) is 124 cm³/mol. The molecule has 0 saturated carbocycles. The van der Waals surface area contributed by atoms with E-state index in [2.05, 4.69) is 61.9 Å². The molecule has 0 spiro atoms. The van der Waals surface area contributed by atoms with Crippen molar-refractivity contribution in [2.75, 3.05) is 50.9 Å². The summed E-state index contributed by atoms with van der Waals surface area (Å²) in [5, 5.41) is 5.95. The summed E-state index contributed by atoms with van der Waals surface area (Å²) in [5.41, 5.74) is 7.06. The Hall–Kier alpha value is -2.18. The van der Waals surface area contributed by atoms with Gasteiger partial charge in [0.2, 0.25) is 11.9 Å². The fourth-order valence-electron chi connectivity index (χ4n) is 3.12. The molecular weight excluding hydrogens is 499 g/mol. The van der Waals surface area contributed by atoms with E-state index in [-0.39, 0.29) is 23.6 Å². The topological polar surface area (TPSA) is 115 Å². The second kappa shape index (κ2) is 10.2. The van der Waals surface area contributed by atoms with E-state index in [1.165, 1.54) is 6.20 Å². The van der Waals surface area contributed by atoms with E-state index in [1.807, 2.05) is 12.1 Å². The van der Waals surface area contributed by atoms with Crippen molar-refractivity contribution in [3.8, 4) is 17.2 Å². The van der Waals surface area contributed by atoms with Crippen molar-refractivity contribution in [2.45, 2.75) is 19.8 Å². The Kier molecular flexibility index (Phi) is 7.67. The molecule has 1 aromatic carbocycles. The van der Waals surface area contributed by atoms with Crippen LogP contribution in [0.15, 0.2) is 18.3 Å². The van der Waals surface area contributed by atoms with Crippen molar-refractivity contribution >= 4 is 40.3 Å². The van der Waals surface area contributed by atoms with E-state index in [1.54, 1.807) is 7.11 Å². The number of rotatable bonds is 7. The van der Waals surface area contributed by atoms with Gasteiger partial charge in [0.05, 0.1) is 23.4 Å². The summed E-state index contributed by atoms with van der Waals surface area (Å²) in [7, 11) is 1.64. The number of nitrogens with two attached hydrogens (primary N) is 1. The SMILES string of the molecule is COc1cc(C(C)C)c(Oc2cnc(NC(=O)CN3CCNCC3)nc2N)cc1I. The maximum absolute atomic E-state index is 12.2. The van der Waals surface area contributed by atoms with Gasteiger partial charge in [-0.2, -0.15) is 4.98 Å². The lowest BCUT2D eigenvalue weighted by Crippen LogP contribution is -2.46. The standard InChI is InChI=1S/C20H27IN6O3/c1-12(2)13-8-16(29-3)14(21)9-15(13)30-17-10-24-20(26-19(17)22)25-18(28)11-27-6-4-23-5-7-27/h8-10,12,23H,4-7,11H2,1-3H3,(H3,22,24,25,26,28). The van der Waals surface area contributed by atoms with E-state index in [9.17, 15) is 4.79 Å². The Labute approximate surface area is 189 Å². The van der Waals surface area contributed by atoms with Crippen molar-refractivity contribution < 1.29 is 14.3 Å². The van der Waals surface area contributed by atoms with Gasteiger partial charge < -0.3 is 20.5 Å². The van der Waals surface area contributed by atoms with E-state index >= 15 is 0 Å². The highest BCUT2D eigenvalue weighted by Gasteiger charge is 2.17. The third-order valence-corrected chi connectivity index (χ3v) is 5.58. The number of amides is 1. The zero-order valence-electron chi connectivity index (χ0n) is 17.4. The van der Waals surface area contributed by atoms with Crippen LogP contribution in [0.4, 0.5) is 11.8 Å². The smallest absolute Gasteiger partial charge is 0.240 e. The number of carbonyl (C=O) groups excluding carboxylic acids is 1. The summed E-state index contributed by atoms with van der Waals surface area (Å²) in [6.45, 7) is 7.88. The molecule has 1 amide bonds. The summed E-state index contributed by atoms with van der Waals surface area (Å²) in [4.78, 5) is 22.7. The molecule has 1 fully saturated rings. The van der Waals surface area contributed by atoms with Crippen molar-refractivity contribution in [3.63, 3.8) is 0 Å². The van der Waals surface area contributed by atoms with Crippen LogP contribution in [0.1, 0.15) is 25.3 Å². The van der Waals surface area contributed by atoms with Crippen LogP contribution < -0.4 is 25.8 Å². The first-order valence-corrected chi connectivity index (χ1v) is 10.9. The van der Waals surface area contributed by atoms with Crippen molar-refractivity contribution in [2.24, 2.45) is 0 Å². The number of hydrogen-bond donors (Lipinski definition) is 3. The lowest BCUT2D eigenvalue weighted by atomic mass is 10.0. The maximum atomic E-state index is 12.2. The molecule has 0 unspecified atom stereocenters. The number of piperazine rings is 1. The summed E-state index contributed by atoms with van der Waals surface area (Å²) in [5.74, 6) is 2.15. The first-order chi connectivity index (χ1) is 14.4. The first-order valence-electron chi connectivity index (χ1n) is 9.78. The van der Waals surface area contributed by atoms with Gasteiger partial charge in [-0.15, -0.1) is 0 Å². The number of ether oxygens (including phenoxy) is 2. The molecule has 10 heteroatoms. The average molecular weight is 526 g/mol. The minimum Gasteiger partial charge on any atom is -0.496 e. The molecule has 1 aliphatic heterocycles. The zero-order valence-corrected chi connectivity index (χ0v) is 19.5. The lowest BCUT2D eigenvalue weighted by molar-refractivity contribution is -0.117. The van der Waals surface area contributed by atoms with Crippen LogP contribution in [0.25, 0.3) is 0 Å². The van der Waals surface area contributed by atoms with Gasteiger partial charge in [-0.3, -0.25) is 15.0 Å². The number of carbonyl (C=O) groups is 1. The fraction of sp³-hybridized carbons (Fsp3) is 0.450. The highest BCUT2D eigenvalue weighted by Crippen LogP contribution is 2.37. The molecule has 1 aromatic heterocycles. The molecule has 4 N–H and O–H groups in total. The van der Waals surface area contributed by atoms with E-state index in [0.29, 0.717) is 18.0 Å². The number of aromatic nitrogens is 2. The summed E-state index contributed by atoms with van der Waals surface area (Å²) in [6.07, 6.45) is 1.48. The monoisotopic (exact) mass is 526 g/mol. The van der Waals surface area contributed by atoms with E-state index < -0.39 is 0 Å². The second-order valence-electron chi connectivity index (χ2n) is 7.30. The number of anilines is 2. The third-order valence-electron chi connectivity index (χ3n) is 4.74. The fourth-order valence-corrected chi connectivity index (χ4v) is 3.78. The number of halogens is 1. The number of hydrogen-bond acceptors (Lipinski definition) is 8. The van der Waals surface area contributed by atoms with Gasteiger partial charge in [-0.1, -0.05) is 13.8 Å².